The van der Waals surface area contributed by atoms with Gasteiger partial charge in [-0.3, -0.25) is 9.59 Å². The summed E-state index contributed by atoms with van der Waals surface area (Å²) in [5.41, 5.74) is 4.04. The maximum absolute atomic E-state index is 12.5. The highest BCUT2D eigenvalue weighted by atomic mass is 32.2. The van der Waals surface area contributed by atoms with E-state index in [1.165, 1.54) is 35.4 Å². The molecule has 1 unspecified atom stereocenters. The fourth-order valence-corrected chi connectivity index (χ4v) is 4.10. The van der Waals surface area contributed by atoms with Crippen LogP contribution in [-0.2, 0) is 14.4 Å². The molecule has 6 nitrogen and oxygen atoms in total. The van der Waals surface area contributed by atoms with Crippen molar-refractivity contribution >= 4 is 29.5 Å². The molecule has 188 valence electrons. The van der Waals surface area contributed by atoms with Crippen molar-refractivity contribution in [2.75, 3.05) is 11.5 Å². The van der Waals surface area contributed by atoms with E-state index in [1.54, 1.807) is 0 Å². The first kappa shape index (κ1) is 31.0. The number of unbranched alkanes of at least 4 members (excludes halogenated alkanes) is 1. The molecule has 0 aliphatic heterocycles. The van der Waals surface area contributed by atoms with Crippen molar-refractivity contribution < 1.29 is 19.5 Å². The molecule has 0 saturated heterocycles. The number of aliphatic carboxylic acids is 1. The lowest BCUT2D eigenvalue weighted by atomic mass is 10.1. The van der Waals surface area contributed by atoms with Gasteiger partial charge in [0.05, 0.1) is 0 Å². The van der Waals surface area contributed by atoms with Crippen molar-refractivity contribution in [2.45, 2.75) is 98.6 Å². The smallest absolute Gasteiger partial charge is 0.327 e. The van der Waals surface area contributed by atoms with Crippen LogP contribution in [0.1, 0.15) is 86.5 Å². The zero-order chi connectivity index (χ0) is 25.2. The summed E-state index contributed by atoms with van der Waals surface area (Å²) in [7, 11) is 0. The van der Waals surface area contributed by atoms with Crippen LogP contribution in [0.2, 0.25) is 0 Å². The maximum Gasteiger partial charge on any atom is 0.327 e. The van der Waals surface area contributed by atoms with Gasteiger partial charge in [0, 0.05) is 18.4 Å². The monoisotopic (exact) mass is 480 g/mol. The Morgan fingerprint density at radius 3 is 2.03 bits per heavy atom. The largest absolute Gasteiger partial charge is 0.480 e. The number of thioether (sulfide) groups is 1. The predicted octanol–water partition coefficient (Wildman–Crippen LogP) is 5.40. The molecule has 0 spiro atoms. The van der Waals surface area contributed by atoms with E-state index < -0.39 is 24.0 Å². The number of hydrogen-bond acceptors (Lipinski definition) is 4. The summed E-state index contributed by atoms with van der Waals surface area (Å²) < 4.78 is 0. The molecule has 0 aromatic rings. The van der Waals surface area contributed by atoms with E-state index in [9.17, 15) is 19.5 Å². The maximum atomic E-state index is 12.5. The third kappa shape index (κ3) is 17.2. The van der Waals surface area contributed by atoms with Crippen LogP contribution in [0.5, 0.6) is 0 Å². The number of hydrogen-bond donors (Lipinski definition) is 3. The van der Waals surface area contributed by atoms with Gasteiger partial charge in [-0.1, -0.05) is 54.7 Å². The normalized spacial score (nSPS) is 13.8. The third-order valence-electron chi connectivity index (χ3n) is 5.11. The second kappa shape index (κ2) is 18.4. The highest BCUT2D eigenvalue weighted by Gasteiger charge is 2.25. The van der Waals surface area contributed by atoms with Crippen molar-refractivity contribution in [3.8, 4) is 0 Å². The topological polar surface area (TPSA) is 95.5 Å². The molecule has 0 rings (SSSR count). The van der Waals surface area contributed by atoms with Crippen LogP contribution in [0.15, 0.2) is 34.9 Å². The van der Waals surface area contributed by atoms with Crippen LogP contribution < -0.4 is 10.6 Å². The van der Waals surface area contributed by atoms with Crippen LogP contribution in [0.25, 0.3) is 0 Å². The number of rotatable bonds is 17. The van der Waals surface area contributed by atoms with Gasteiger partial charge in [0.25, 0.3) is 0 Å². The van der Waals surface area contributed by atoms with Gasteiger partial charge in [0.1, 0.15) is 12.1 Å². The van der Waals surface area contributed by atoms with Crippen LogP contribution in [0, 0.1) is 0 Å². The lowest BCUT2D eigenvalue weighted by molar-refractivity contribution is -0.141. The molecule has 2 atom stereocenters. The van der Waals surface area contributed by atoms with Crippen LogP contribution in [0.3, 0.4) is 0 Å². The molecular weight excluding hydrogens is 436 g/mol. The van der Waals surface area contributed by atoms with E-state index in [4.69, 9.17) is 0 Å². The molecule has 0 aliphatic rings. The van der Waals surface area contributed by atoms with Crippen molar-refractivity contribution in [1.29, 1.82) is 0 Å². The first-order valence-corrected chi connectivity index (χ1v) is 13.0. The fourth-order valence-electron chi connectivity index (χ4n) is 3.10. The Morgan fingerprint density at radius 2 is 1.48 bits per heavy atom. The second-order valence-corrected chi connectivity index (χ2v) is 9.87. The average molecular weight is 481 g/mol. The van der Waals surface area contributed by atoms with Gasteiger partial charge in [-0.25, -0.2) is 4.79 Å². The summed E-state index contributed by atoms with van der Waals surface area (Å²) in [6.45, 7) is 11.9. The molecule has 2 amide bonds. The van der Waals surface area contributed by atoms with E-state index in [0.717, 1.165) is 38.5 Å². The summed E-state index contributed by atoms with van der Waals surface area (Å²) in [5.74, 6) is -0.840. The molecule has 0 saturated carbocycles. The number of amides is 2. The first-order valence-electron chi connectivity index (χ1n) is 11.9. The highest BCUT2D eigenvalue weighted by Crippen LogP contribution is 2.13. The molecule has 0 aliphatic carbocycles. The quantitative estimate of drug-likeness (QED) is 0.191. The molecular formula is C26H44N2O4S. The number of carbonyl (C=O) groups excluding carboxylic acids is 2. The SMILES string of the molecule is CCCCC(NC(C)=O)C(=O)N[C@@H](CSCC=C(C)CCC=C(C)CCC=C(C)C)C(=O)O. The minimum atomic E-state index is -1.07. The molecule has 3 N–H and O–H groups in total. The Bertz CT molecular complexity index is 709. The Balaban J connectivity index is 4.51. The van der Waals surface area contributed by atoms with Gasteiger partial charge < -0.3 is 15.7 Å². The molecule has 0 bridgehead atoms. The highest BCUT2D eigenvalue weighted by molar-refractivity contribution is 7.99. The zero-order valence-electron chi connectivity index (χ0n) is 21.3. The standard InChI is InChI=1S/C26H44N2O4S/c1-7-8-15-23(27-22(6)29)25(30)28-24(26(31)32)18-33-17-16-21(5)14-10-13-20(4)12-9-11-19(2)3/h11,13,16,23-24H,7-10,12,14-15,17-18H2,1-6H3,(H,27,29)(H,28,30)(H,31,32)/t23?,24-/m0/s1. The predicted molar refractivity (Wildman–Crippen MR) is 139 cm³/mol. The number of allylic oxidation sites excluding steroid dienone is 5. The van der Waals surface area contributed by atoms with Gasteiger partial charge in [0.15, 0.2) is 0 Å². The van der Waals surface area contributed by atoms with Crippen molar-refractivity contribution in [2.24, 2.45) is 0 Å². The number of nitrogens with one attached hydrogen (secondary N) is 2. The molecule has 0 heterocycles. The van der Waals surface area contributed by atoms with Crippen LogP contribution in [0.4, 0.5) is 0 Å². The zero-order valence-corrected chi connectivity index (χ0v) is 22.1. The summed E-state index contributed by atoms with van der Waals surface area (Å²) in [6.07, 6.45) is 13.0. The fraction of sp³-hybridized carbons (Fsp3) is 0.654. The van der Waals surface area contributed by atoms with Gasteiger partial charge in [-0.05, 0) is 59.8 Å². The van der Waals surface area contributed by atoms with Gasteiger partial charge >= 0.3 is 5.97 Å². The first-order chi connectivity index (χ1) is 15.6. The molecule has 0 radical (unpaired) electrons. The van der Waals surface area contributed by atoms with Gasteiger partial charge in [-0.2, -0.15) is 11.8 Å². The summed E-state index contributed by atoms with van der Waals surface area (Å²) in [5, 5.41) is 14.7. The van der Waals surface area contributed by atoms with Gasteiger partial charge in [0.2, 0.25) is 11.8 Å². The molecule has 0 aromatic heterocycles. The summed E-state index contributed by atoms with van der Waals surface area (Å²) in [6, 6.07) is -1.68. The Labute approximate surface area is 204 Å². The van der Waals surface area contributed by atoms with Crippen molar-refractivity contribution in [3.63, 3.8) is 0 Å². The number of carboxylic acids is 1. The molecule has 33 heavy (non-hydrogen) atoms. The molecule has 0 aromatic carbocycles. The van der Waals surface area contributed by atoms with Crippen LogP contribution in [-0.4, -0.2) is 46.5 Å². The van der Waals surface area contributed by atoms with Gasteiger partial charge in [-0.15, -0.1) is 0 Å². The van der Waals surface area contributed by atoms with E-state index >= 15 is 0 Å². The van der Waals surface area contributed by atoms with E-state index in [0.29, 0.717) is 12.2 Å². The van der Waals surface area contributed by atoms with E-state index in [2.05, 4.69) is 56.6 Å². The van der Waals surface area contributed by atoms with Crippen LogP contribution >= 0.6 is 11.8 Å². The summed E-state index contributed by atoms with van der Waals surface area (Å²) in [4.78, 5) is 35.5. The average Bonchev–Trinajstić information content (AvgIpc) is 2.72. The lowest BCUT2D eigenvalue weighted by Gasteiger charge is -2.20. The summed E-state index contributed by atoms with van der Waals surface area (Å²) >= 11 is 1.48. The molecule has 0 fully saturated rings. The second-order valence-electron chi connectivity index (χ2n) is 8.79. The Morgan fingerprint density at radius 1 is 0.879 bits per heavy atom. The third-order valence-corrected chi connectivity index (χ3v) is 6.08. The minimum absolute atomic E-state index is 0.273. The Kier molecular flexibility index (Phi) is 17.3. The van der Waals surface area contributed by atoms with E-state index in [1.807, 2.05) is 6.92 Å². The molecule has 7 heteroatoms. The number of carboxylic acid groups (broad SMARTS) is 1. The minimum Gasteiger partial charge on any atom is -0.480 e. The Hall–Kier alpha value is -2.02. The lowest BCUT2D eigenvalue weighted by Crippen LogP contribution is -2.52. The van der Waals surface area contributed by atoms with E-state index in [-0.39, 0.29) is 11.7 Å². The number of carbonyl (C=O) groups is 3. The van der Waals surface area contributed by atoms with Crippen molar-refractivity contribution in [1.82, 2.24) is 10.6 Å². The van der Waals surface area contributed by atoms with Crippen molar-refractivity contribution in [3.05, 3.63) is 34.9 Å².